The molecule has 4 N–H and O–H groups in total. The van der Waals surface area contributed by atoms with Crippen molar-refractivity contribution in [3.63, 3.8) is 0 Å². The number of carbonyl (C=O) groups is 3. The van der Waals surface area contributed by atoms with Crippen molar-refractivity contribution >= 4 is 23.9 Å². The van der Waals surface area contributed by atoms with Gasteiger partial charge in [-0.2, -0.15) is 39.5 Å². The van der Waals surface area contributed by atoms with E-state index in [-0.39, 0.29) is 6.10 Å². The number of carboxylic acids is 3. The number of alkyl halides is 9. The lowest BCUT2D eigenvalue weighted by molar-refractivity contribution is -0.193. The molecule has 0 bridgehead atoms. The molecule has 2 aromatic rings. The maximum atomic E-state index is 10.6. The molecule has 12 nitrogen and oxygen atoms in total. The fraction of sp³-hybridized carbons (Fsp3) is 0.520. The van der Waals surface area contributed by atoms with E-state index in [2.05, 4.69) is 50.3 Å². The third kappa shape index (κ3) is 15.1. The van der Waals surface area contributed by atoms with Gasteiger partial charge in [0.25, 0.3) is 0 Å². The maximum Gasteiger partial charge on any atom is 0.490 e. The number of hydrogen-bond acceptors (Lipinski definition) is 9. The number of halogens is 9. The number of ether oxygens (including phenoxy) is 1. The molecule has 2 aliphatic heterocycles. The molecule has 2 saturated heterocycles. The first-order valence-corrected chi connectivity index (χ1v) is 12.8. The Kier molecular flexibility index (Phi) is 15.1. The summed E-state index contributed by atoms with van der Waals surface area (Å²) in [6.07, 6.45) is -10.3. The van der Waals surface area contributed by atoms with Crippen LogP contribution in [0, 0.1) is 18.8 Å². The predicted octanol–water partition coefficient (Wildman–Crippen LogP) is 4.03. The first kappa shape index (κ1) is 39.8. The average molecular weight is 682 g/mol. The van der Waals surface area contributed by atoms with Crippen molar-refractivity contribution in [1.29, 1.82) is 0 Å². The summed E-state index contributed by atoms with van der Waals surface area (Å²) < 4.78 is 101. The fourth-order valence-corrected chi connectivity index (χ4v) is 4.02. The number of nitrogens with zero attached hydrogens (tertiary/aromatic N) is 4. The van der Waals surface area contributed by atoms with E-state index in [1.165, 1.54) is 6.42 Å². The number of aromatic nitrogens is 3. The van der Waals surface area contributed by atoms with Crippen LogP contribution in [-0.4, -0.2) is 104 Å². The Morgan fingerprint density at radius 2 is 1.39 bits per heavy atom. The summed E-state index contributed by atoms with van der Waals surface area (Å²) in [5, 5.41) is 24.7. The second-order valence-corrected chi connectivity index (χ2v) is 9.45. The molecule has 0 aromatic carbocycles. The number of aliphatic carboxylic acids is 3. The summed E-state index contributed by atoms with van der Waals surface area (Å²) in [6, 6.07) is 8.09. The van der Waals surface area contributed by atoms with Crippen molar-refractivity contribution in [2.24, 2.45) is 11.8 Å². The van der Waals surface area contributed by atoms with Gasteiger partial charge in [0.15, 0.2) is 0 Å². The number of pyridine rings is 1. The van der Waals surface area contributed by atoms with E-state index in [0.717, 1.165) is 44.2 Å². The van der Waals surface area contributed by atoms with Gasteiger partial charge in [0, 0.05) is 43.6 Å². The first-order chi connectivity index (χ1) is 21.1. The number of likely N-dealkylation sites (tertiary alicyclic amines) is 1. The molecule has 4 rings (SSSR count). The number of piperidine rings is 1. The van der Waals surface area contributed by atoms with Gasteiger partial charge in [-0.25, -0.2) is 24.4 Å². The molecule has 2 aromatic heterocycles. The molecule has 2 aliphatic rings. The molecule has 0 amide bonds. The van der Waals surface area contributed by atoms with Crippen LogP contribution in [0.3, 0.4) is 0 Å². The highest BCUT2D eigenvalue weighted by molar-refractivity contribution is 5.73. The molecule has 21 heteroatoms. The van der Waals surface area contributed by atoms with Crippen LogP contribution in [0.15, 0.2) is 36.7 Å². The molecule has 0 radical (unpaired) electrons. The number of aryl methyl sites for hydroxylation is 1. The SMILES string of the molecule is Cc1cccc(CN2CC[C@@H]3[C@@H](CO[C@H]3CNc3ncccn3)C2)n1.O=C(O)C(F)(F)F.O=C(O)C(F)(F)F.O=C(O)C(F)(F)F. The van der Waals surface area contributed by atoms with Gasteiger partial charge in [0.1, 0.15) is 0 Å². The Morgan fingerprint density at radius 3 is 1.85 bits per heavy atom. The smallest absolute Gasteiger partial charge is 0.475 e. The van der Waals surface area contributed by atoms with Crippen LogP contribution in [-0.2, 0) is 25.7 Å². The van der Waals surface area contributed by atoms with Crippen LogP contribution in [0.2, 0.25) is 0 Å². The quantitative estimate of drug-likeness (QED) is 0.334. The van der Waals surface area contributed by atoms with Crippen LogP contribution >= 0.6 is 0 Å². The minimum atomic E-state index is -5.08. The second-order valence-electron chi connectivity index (χ2n) is 9.45. The molecule has 3 atom stereocenters. The van der Waals surface area contributed by atoms with E-state index in [4.69, 9.17) is 34.4 Å². The minimum absolute atomic E-state index is 0.257. The molecule has 0 unspecified atom stereocenters. The first-order valence-electron chi connectivity index (χ1n) is 12.8. The van der Waals surface area contributed by atoms with E-state index in [0.29, 0.717) is 17.8 Å². The van der Waals surface area contributed by atoms with Gasteiger partial charge in [-0.15, -0.1) is 0 Å². The van der Waals surface area contributed by atoms with Crippen molar-refractivity contribution in [2.45, 2.75) is 44.5 Å². The van der Waals surface area contributed by atoms with E-state index in [1.54, 1.807) is 12.4 Å². The van der Waals surface area contributed by atoms with Gasteiger partial charge < -0.3 is 25.4 Å². The fourth-order valence-electron chi connectivity index (χ4n) is 4.02. The Hall–Kier alpha value is -4.27. The van der Waals surface area contributed by atoms with Crippen molar-refractivity contribution in [2.75, 3.05) is 31.6 Å². The Labute approximate surface area is 254 Å². The summed E-state index contributed by atoms with van der Waals surface area (Å²) in [5.74, 6) is -6.36. The lowest BCUT2D eigenvalue weighted by atomic mass is 9.84. The predicted molar refractivity (Wildman–Crippen MR) is 137 cm³/mol. The average Bonchev–Trinajstić information content (AvgIpc) is 3.34. The van der Waals surface area contributed by atoms with Crippen LogP contribution < -0.4 is 5.32 Å². The van der Waals surface area contributed by atoms with E-state index in [9.17, 15) is 39.5 Å². The number of hydrogen-bond donors (Lipinski definition) is 4. The summed E-state index contributed by atoms with van der Waals surface area (Å²) >= 11 is 0. The minimum Gasteiger partial charge on any atom is -0.475 e. The molecule has 46 heavy (non-hydrogen) atoms. The molecular weight excluding hydrogens is 653 g/mol. The summed E-state index contributed by atoms with van der Waals surface area (Å²) in [6.45, 7) is 6.83. The van der Waals surface area contributed by atoms with Gasteiger partial charge in [0.05, 0.1) is 18.4 Å². The molecule has 4 heterocycles. The molecule has 2 fully saturated rings. The lowest BCUT2D eigenvalue weighted by Crippen LogP contribution is -2.42. The number of rotatable bonds is 5. The third-order valence-electron chi connectivity index (χ3n) is 5.97. The maximum absolute atomic E-state index is 10.6. The van der Waals surface area contributed by atoms with Crippen molar-refractivity contribution in [1.82, 2.24) is 19.9 Å². The van der Waals surface area contributed by atoms with Gasteiger partial charge >= 0.3 is 36.4 Å². The van der Waals surface area contributed by atoms with Gasteiger partial charge in [-0.05, 0) is 44.0 Å². The number of carboxylic acid groups (broad SMARTS) is 3. The van der Waals surface area contributed by atoms with E-state index < -0.39 is 36.4 Å². The molecule has 0 spiro atoms. The zero-order valence-electron chi connectivity index (χ0n) is 23.6. The van der Waals surface area contributed by atoms with Crippen LogP contribution in [0.25, 0.3) is 0 Å². The standard InChI is InChI=1S/C19H25N5O.3C2HF3O2/c1-14-4-2-5-16(23-14)12-24-9-6-17-15(11-24)13-25-18(17)10-22-19-20-7-3-8-21-19;3*3-2(4,5)1(6)7/h2-5,7-8,15,17-18H,6,9-13H2,1H3,(H,20,21,22);3*(H,6,7)/t15-,17-,18+;;;/m1.../s1. The van der Waals surface area contributed by atoms with Crippen molar-refractivity contribution in [3.05, 3.63) is 48.0 Å². The summed E-state index contributed by atoms with van der Waals surface area (Å²) in [4.78, 5) is 42.3. The third-order valence-corrected chi connectivity index (χ3v) is 5.97. The zero-order valence-corrected chi connectivity index (χ0v) is 23.6. The Morgan fingerprint density at radius 1 is 0.891 bits per heavy atom. The molecular formula is C25H28F9N5O7. The van der Waals surface area contributed by atoms with Gasteiger partial charge in [0.2, 0.25) is 5.95 Å². The molecule has 0 saturated carbocycles. The highest BCUT2D eigenvalue weighted by atomic mass is 19.4. The highest BCUT2D eigenvalue weighted by Crippen LogP contribution is 2.34. The normalized spacial score (nSPS) is 19.5. The molecule has 0 aliphatic carbocycles. The van der Waals surface area contributed by atoms with Crippen molar-refractivity contribution < 1.29 is 74.0 Å². The Balaban J connectivity index is 0.000000413. The number of anilines is 1. The highest BCUT2D eigenvalue weighted by Gasteiger charge is 2.41. The van der Waals surface area contributed by atoms with E-state index in [1.807, 2.05) is 6.07 Å². The van der Waals surface area contributed by atoms with E-state index >= 15 is 0 Å². The number of fused-ring (bicyclic) bond motifs is 1. The monoisotopic (exact) mass is 681 g/mol. The van der Waals surface area contributed by atoms with Crippen LogP contribution in [0.1, 0.15) is 17.8 Å². The topological polar surface area (TPSA) is 175 Å². The Bertz CT molecular complexity index is 1210. The zero-order chi connectivity index (χ0) is 35.3. The van der Waals surface area contributed by atoms with Crippen LogP contribution in [0.5, 0.6) is 0 Å². The summed E-state index contributed by atoms with van der Waals surface area (Å²) in [5.41, 5.74) is 2.25. The van der Waals surface area contributed by atoms with Crippen molar-refractivity contribution in [3.8, 4) is 0 Å². The lowest BCUT2D eigenvalue weighted by Gasteiger charge is -2.35. The number of nitrogens with one attached hydrogen (secondary N) is 1. The molecule has 258 valence electrons. The van der Waals surface area contributed by atoms with Gasteiger partial charge in [-0.1, -0.05) is 6.07 Å². The largest absolute Gasteiger partial charge is 0.490 e. The van der Waals surface area contributed by atoms with Gasteiger partial charge in [-0.3, -0.25) is 9.88 Å². The second kappa shape index (κ2) is 17.4. The van der Waals surface area contributed by atoms with Crippen LogP contribution in [0.4, 0.5) is 45.5 Å². The summed E-state index contributed by atoms with van der Waals surface area (Å²) in [7, 11) is 0.